The van der Waals surface area contributed by atoms with E-state index in [0.29, 0.717) is 29.4 Å². The van der Waals surface area contributed by atoms with Gasteiger partial charge in [0.15, 0.2) is 5.78 Å². The number of aliphatic hydroxyl groups is 1. The van der Waals surface area contributed by atoms with Gasteiger partial charge in [0, 0.05) is 47.8 Å². The third kappa shape index (κ3) is 4.65. The number of ether oxygens (including phenoxy) is 1. The van der Waals surface area contributed by atoms with Gasteiger partial charge in [-0.2, -0.15) is 0 Å². The number of thiophene rings is 1. The van der Waals surface area contributed by atoms with Crippen molar-refractivity contribution in [2.24, 2.45) is 0 Å². The number of anilines is 1. The fourth-order valence-corrected chi connectivity index (χ4v) is 6.31. The Hall–Kier alpha value is -3.17. The van der Waals surface area contributed by atoms with Crippen molar-refractivity contribution < 1.29 is 19.4 Å². The molecule has 0 bridgehead atoms. The minimum absolute atomic E-state index is 0.0346. The number of Topliss-reactive ketones (excluding diaryl/α,β-unsaturated/α-hetero) is 1. The van der Waals surface area contributed by atoms with Crippen LogP contribution in [0, 0.1) is 6.92 Å². The zero-order chi connectivity index (χ0) is 25.4. The smallest absolute Gasteiger partial charge is 0.267 e. The number of β-amino-alcohol motifs (C(OH)–C–C–N with tert-alkyl or cyclic N) is 1. The van der Waals surface area contributed by atoms with Gasteiger partial charge in [-0.1, -0.05) is 18.2 Å². The Morgan fingerprint density at radius 1 is 1.19 bits per heavy atom. The lowest BCUT2D eigenvalue weighted by Crippen LogP contribution is -2.21. The summed E-state index contributed by atoms with van der Waals surface area (Å²) >= 11 is 1.33. The lowest BCUT2D eigenvalue weighted by molar-refractivity contribution is 0.101. The second-order valence-corrected chi connectivity index (χ2v) is 10.4. The SMILES string of the molecule is COCc1ccc(C(C)=O)c2sc(C(=O)Nc3ccc4c(CN5CC[C@H](O)C5)cccc4n3)c(C)c12. The van der Waals surface area contributed by atoms with E-state index >= 15 is 0 Å². The Kier molecular flexibility index (Phi) is 6.85. The van der Waals surface area contributed by atoms with E-state index in [2.05, 4.69) is 16.3 Å². The molecule has 7 nitrogen and oxygen atoms in total. The van der Waals surface area contributed by atoms with Gasteiger partial charge >= 0.3 is 0 Å². The van der Waals surface area contributed by atoms with Gasteiger partial charge in [-0.25, -0.2) is 4.98 Å². The number of aliphatic hydroxyl groups excluding tert-OH is 1. The highest BCUT2D eigenvalue weighted by molar-refractivity contribution is 7.21. The Labute approximate surface area is 213 Å². The van der Waals surface area contributed by atoms with Crippen LogP contribution in [-0.4, -0.2) is 53.0 Å². The van der Waals surface area contributed by atoms with Crippen molar-refractivity contribution in [3.63, 3.8) is 0 Å². The molecule has 1 atom stereocenters. The molecule has 0 aliphatic carbocycles. The topological polar surface area (TPSA) is 91.8 Å². The average molecular weight is 504 g/mol. The Morgan fingerprint density at radius 3 is 2.75 bits per heavy atom. The second-order valence-electron chi connectivity index (χ2n) is 9.33. The Balaban J connectivity index is 1.44. The van der Waals surface area contributed by atoms with Crippen LogP contribution in [0.5, 0.6) is 0 Å². The summed E-state index contributed by atoms with van der Waals surface area (Å²) in [5, 5.41) is 14.7. The maximum Gasteiger partial charge on any atom is 0.267 e. The van der Waals surface area contributed by atoms with Crippen molar-refractivity contribution in [3.8, 4) is 0 Å². The number of amides is 1. The molecule has 1 saturated heterocycles. The van der Waals surface area contributed by atoms with Gasteiger partial charge in [-0.3, -0.25) is 14.5 Å². The van der Waals surface area contributed by atoms with Gasteiger partial charge < -0.3 is 15.2 Å². The number of carbonyl (C=O) groups excluding carboxylic acids is 2. The molecule has 0 radical (unpaired) electrons. The fourth-order valence-electron chi connectivity index (χ4n) is 5.00. The lowest BCUT2D eigenvalue weighted by Gasteiger charge is -2.16. The molecule has 4 aromatic rings. The third-order valence-corrected chi connectivity index (χ3v) is 8.08. The van der Waals surface area contributed by atoms with E-state index in [1.54, 1.807) is 14.0 Å². The highest BCUT2D eigenvalue weighted by atomic mass is 32.1. The van der Waals surface area contributed by atoms with Crippen LogP contribution in [-0.2, 0) is 17.9 Å². The summed E-state index contributed by atoms with van der Waals surface area (Å²) in [6.07, 6.45) is 0.548. The number of likely N-dealkylation sites (tertiary alicyclic amines) is 1. The first-order chi connectivity index (χ1) is 17.4. The van der Waals surface area contributed by atoms with Crippen molar-refractivity contribution in [3.05, 3.63) is 69.6 Å². The largest absolute Gasteiger partial charge is 0.392 e. The maximum atomic E-state index is 13.3. The number of methoxy groups -OCH3 is 1. The Bertz CT molecular complexity index is 1480. The molecule has 0 spiro atoms. The molecule has 3 heterocycles. The van der Waals surface area contributed by atoms with Gasteiger partial charge in [0.05, 0.1) is 23.1 Å². The zero-order valence-electron chi connectivity index (χ0n) is 20.6. The van der Waals surface area contributed by atoms with E-state index in [9.17, 15) is 14.7 Å². The van der Waals surface area contributed by atoms with Gasteiger partial charge in [0.25, 0.3) is 5.91 Å². The Morgan fingerprint density at radius 2 is 2.03 bits per heavy atom. The number of nitrogens with one attached hydrogen (secondary N) is 1. The van der Waals surface area contributed by atoms with E-state index in [1.165, 1.54) is 11.3 Å². The summed E-state index contributed by atoms with van der Waals surface area (Å²) in [5.41, 5.74) is 4.35. The van der Waals surface area contributed by atoms with Crippen LogP contribution < -0.4 is 5.32 Å². The molecular weight excluding hydrogens is 474 g/mol. The number of aryl methyl sites for hydroxylation is 1. The highest BCUT2D eigenvalue weighted by Gasteiger charge is 2.23. The number of aromatic nitrogens is 1. The van der Waals surface area contributed by atoms with Crippen LogP contribution in [0.25, 0.3) is 21.0 Å². The minimum atomic E-state index is -0.255. The predicted octanol–water partition coefficient (Wildman–Crippen LogP) is 4.93. The van der Waals surface area contributed by atoms with E-state index < -0.39 is 0 Å². The number of hydrogen-bond acceptors (Lipinski definition) is 7. The van der Waals surface area contributed by atoms with E-state index in [1.807, 2.05) is 43.3 Å². The van der Waals surface area contributed by atoms with Crippen LogP contribution in [0.4, 0.5) is 5.82 Å². The average Bonchev–Trinajstić information content (AvgIpc) is 3.42. The van der Waals surface area contributed by atoms with Crippen LogP contribution >= 0.6 is 11.3 Å². The zero-order valence-corrected chi connectivity index (χ0v) is 21.4. The third-order valence-electron chi connectivity index (χ3n) is 6.75. The number of rotatable bonds is 7. The van der Waals surface area contributed by atoms with Gasteiger partial charge in [0.1, 0.15) is 5.82 Å². The maximum absolute atomic E-state index is 13.3. The van der Waals surface area contributed by atoms with Crippen molar-refractivity contribution in [2.75, 3.05) is 25.5 Å². The van der Waals surface area contributed by atoms with Gasteiger partial charge in [-0.05, 0) is 61.2 Å². The van der Waals surface area contributed by atoms with Gasteiger partial charge in [0.2, 0.25) is 0 Å². The van der Waals surface area contributed by atoms with Crippen molar-refractivity contribution in [2.45, 2.75) is 39.5 Å². The minimum Gasteiger partial charge on any atom is -0.392 e. The summed E-state index contributed by atoms with van der Waals surface area (Å²) in [4.78, 5) is 33.1. The summed E-state index contributed by atoms with van der Waals surface area (Å²) in [6.45, 7) is 6.17. The van der Waals surface area contributed by atoms with Crippen molar-refractivity contribution in [1.29, 1.82) is 0 Å². The molecular formula is C28H29N3O4S. The van der Waals surface area contributed by atoms with E-state index in [4.69, 9.17) is 9.72 Å². The number of fused-ring (bicyclic) bond motifs is 2. The predicted molar refractivity (Wildman–Crippen MR) is 143 cm³/mol. The normalized spacial score (nSPS) is 16.2. The molecule has 2 aromatic carbocycles. The monoisotopic (exact) mass is 503 g/mol. The van der Waals surface area contributed by atoms with Crippen LogP contribution in [0.15, 0.2) is 42.5 Å². The molecule has 0 saturated carbocycles. The first-order valence-corrected chi connectivity index (χ1v) is 12.8. The van der Waals surface area contributed by atoms with Crippen LogP contribution in [0.1, 0.15) is 50.1 Å². The first kappa shape index (κ1) is 24.5. The fraction of sp³-hybridized carbons (Fsp3) is 0.321. The van der Waals surface area contributed by atoms with Crippen LogP contribution in [0.3, 0.4) is 0 Å². The molecule has 1 aliphatic rings. The van der Waals surface area contributed by atoms with Crippen LogP contribution in [0.2, 0.25) is 0 Å². The quantitative estimate of drug-likeness (QED) is 0.348. The number of pyridine rings is 1. The molecule has 36 heavy (non-hydrogen) atoms. The first-order valence-electron chi connectivity index (χ1n) is 12.0. The number of hydrogen-bond donors (Lipinski definition) is 2. The van der Waals surface area contributed by atoms with Crippen molar-refractivity contribution in [1.82, 2.24) is 9.88 Å². The number of ketones is 1. The molecule has 5 rings (SSSR count). The molecule has 1 amide bonds. The van der Waals surface area contributed by atoms with E-state index in [0.717, 1.165) is 57.2 Å². The molecule has 1 aliphatic heterocycles. The van der Waals surface area contributed by atoms with Crippen molar-refractivity contribution >= 4 is 49.8 Å². The highest BCUT2D eigenvalue weighted by Crippen LogP contribution is 2.37. The summed E-state index contributed by atoms with van der Waals surface area (Å²) < 4.78 is 6.16. The molecule has 186 valence electrons. The lowest BCUT2D eigenvalue weighted by atomic mass is 10.0. The van der Waals surface area contributed by atoms with Gasteiger partial charge in [-0.15, -0.1) is 11.3 Å². The molecule has 2 N–H and O–H groups in total. The number of nitrogens with zero attached hydrogens (tertiary/aromatic N) is 2. The number of carbonyl (C=O) groups is 2. The second kappa shape index (κ2) is 10.1. The van der Waals surface area contributed by atoms with E-state index in [-0.39, 0.29) is 17.8 Å². The molecule has 1 fully saturated rings. The summed E-state index contributed by atoms with van der Waals surface area (Å²) in [5.74, 6) is 0.190. The molecule has 2 aromatic heterocycles. The summed E-state index contributed by atoms with van der Waals surface area (Å²) in [6, 6.07) is 13.5. The molecule has 0 unspecified atom stereocenters. The standard InChI is InChI=1S/C28H29N3O4S/c1-16-25-19(15-35-3)7-8-21(17(2)32)27(25)36-26(16)28(34)30-24-10-9-22-18(5-4-6-23(22)29-24)13-31-12-11-20(33)14-31/h4-10,20,33H,11-15H2,1-3H3,(H,29,30,34)/t20-/m0/s1. The number of benzene rings is 2. The summed E-state index contributed by atoms with van der Waals surface area (Å²) in [7, 11) is 1.63. The molecule has 8 heteroatoms.